The molecular formula is C16H19ClFN3O3. The van der Waals surface area contributed by atoms with Crippen LogP contribution in [0, 0.1) is 0 Å². The van der Waals surface area contributed by atoms with E-state index in [9.17, 15) is 14.3 Å². The van der Waals surface area contributed by atoms with Crippen molar-refractivity contribution in [3.8, 4) is 0 Å². The molecule has 6 nitrogen and oxygen atoms in total. The number of amides is 1. The number of pyridine rings is 1. The average Bonchev–Trinajstić information content (AvgIpc) is 3.00. The fourth-order valence-corrected chi connectivity index (χ4v) is 2.60. The van der Waals surface area contributed by atoms with Gasteiger partial charge in [0.1, 0.15) is 5.60 Å². The standard InChI is InChI=1S/C16H18FN3O3.ClH/c17-7-14(21)20-13-8-18-12-4-2-1-3-11(12)15(13)19-9-16(22)5-6-23-10-16;/h1-4,8,22H,5-7,9-10H2,(H,18,19)(H,20,21);1H. The number of nitrogens with zero attached hydrogens (tertiary/aromatic N) is 1. The third kappa shape index (κ3) is 3.92. The van der Waals surface area contributed by atoms with Crippen LogP contribution in [0.15, 0.2) is 30.5 Å². The summed E-state index contributed by atoms with van der Waals surface area (Å²) < 4.78 is 17.7. The maximum Gasteiger partial charge on any atom is 0.255 e. The molecule has 1 atom stereocenters. The van der Waals surface area contributed by atoms with Crippen molar-refractivity contribution >= 4 is 40.6 Å². The van der Waals surface area contributed by atoms with Crippen molar-refractivity contribution in [2.75, 3.05) is 37.1 Å². The van der Waals surface area contributed by atoms with Crippen LogP contribution >= 0.6 is 12.4 Å². The number of anilines is 2. The largest absolute Gasteiger partial charge is 0.386 e. The molecule has 0 aliphatic carbocycles. The number of ether oxygens (including phenoxy) is 1. The predicted octanol–water partition coefficient (Wildman–Crippen LogP) is 2.13. The highest BCUT2D eigenvalue weighted by Gasteiger charge is 2.32. The number of alkyl halides is 1. The monoisotopic (exact) mass is 355 g/mol. The number of aliphatic hydroxyl groups is 1. The van der Waals surface area contributed by atoms with Crippen molar-refractivity contribution in [2.45, 2.75) is 12.0 Å². The highest BCUT2D eigenvalue weighted by molar-refractivity contribution is 6.03. The normalized spacial score (nSPS) is 19.8. The van der Waals surface area contributed by atoms with E-state index in [2.05, 4.69) is 15.6 Å². The summed E-state index contributed by atoms with van der Waals surface area (Å²) in [6.45, 7) is -0.0700. The van der Waals surface area contributed by atoms with Gasteiger partial charge in [0.2, 0.25) is 0 Å². The molecule has 1 saturated heterocycles. The summed E-state index contributed by atoms with van der Waals surface area (Å²) >= 11 is 0. The van der Waals surface area contributed by atoms with E-state index in [0.29, 0.717) is 24.4 Å². The number of benzene rings is 1. The van der Waals surface area contributed by atoms with Crippen molar-refractivity contribution < 1.29 is 19.0 Å². The van der Waals surface area contributed by atoms with E-state index in [1.54, 1.807) is 0 Å². The van der Waals surface area contributed by atoms with Crippen molar-refractivity contribution in [3.63, 3.8) is 0 Å². The van der Waals surface area contributed by atoms with E-state index >= 15 is 0 Å². The van der Waals surface area contributed by atoms with Crippen LogP contribution in [-0.4, -0.2) is 48.0 Å². The first-order chi connectivity index (χ1) is 11.1. The van der Waals surface area contributed by atoms with E-state index in [4.69, 9.17) is 4.74 Å². The predicted molar refractivity (Wildman–Crippen MR) is 92.5 cm³/mol. The van der Waals surface area contributed by atoms with Gasteiger partial charge in [-0.15, -0.1) is 12.4 Å². The Labute approximate surface area is 144 Å². The molecule has 1 aromatic carbocycles. The molecule has 1 aliphatic heterocycles. The molecule has 0 radical (unpaired) electrons. The number of halogens is 2. The molecule has 130 valence electrons. The summed E-state index contributed by atoms with van der Waals surface area (Å²) in [5.74, 6) is -0.743. The molecule has 1 aliphatic rings. The highest BCUT2D eigenvalue weighted by Crippen LogP contribution is 2.31. The second-order valence-corrected chi connectivity index (χ2v) is 5.63. The summed E-state index contributed by atoms with van der Waals surface area (Å²) in [5, 5.41) is 16.8. The van der Waals surface area contributed by atoms with Gasteiger partial charge in [-0.05, 0) is 6.07 Å². The number of hydrogen-bond donors (Lipinski definition) is 3. The first-order valence-corrected chi connectivity index (χ1v) is 7.39. The van der Waals surface area contributed by atoms with Crippen LogP contribution < -0.4 is 10.6 Å². The van der Waals surface area contributed by atoms with Gasteiger partial charge in [0.25, 0.3) is 5.91 Å². The minimum absolute atomic E-state index is 0. The molecule has 1 fully saturated rings. The quantitative estimate of drug-likeness (QED) is 0.765. The first-order valence-electron chi connectivity index (χ1n) is 7.39. The Morgan fingerprint density at radius 1 is 1.42 bits per heavy atom. The maximum absolute atomic E-state index is 12.5. The van der Waals surface area contributed by atoms with Crippen molar-refractivity contribution in [1.82, 2.24) is 4.98 Å². The van der Waals surface area contributed by atoms with Crippen molar-refractivity contribution in [3.05, 3.63) is 30.5 Å². The lowest BCUT2D eigenvalue weighted by molar-refractivity contribution is -0.117. The van der Waals surface area contributed by atoms with Gasteiger partial charge in [0, 0.05) is 25.0 Å². The smallest absolute Gasteiger partial charge is 0.255 e. The van der Waals surface area contributed by atoms with Gasteiger partial charge in [0.15, 0.2) is 6.67 Å². The van der Waals surface area contributed by atoms with Crippen LogP contribution in [0.4, 0.5) is 15.8 Å². The molecule has 1 amide bonds. The van der Waals surface area contributed by atoms with Gasteiger partial charge >= 0.3 is 0 Å². The molecule has 3 rings (SSSR count). The number of carbonyl (C=O) groups excluding carboxylic acids is 1. The Morgan fingerprint density at radius 3 is 2.92 bits per heavy atom. The number of nitrogens with one attached hydrogen (secondary N) is 2. The molecule has 8 heteroatoms. The third-order valence-corrected chi connectivity index (χ3v) is 3.85. The van der Waals surface area contributed by atoms with Gasteiger partial charge in [-0.25, -0.2) is 4.39 Å². The lowest BCUT2D eigenvalue weighted by atomic mass is 10.0. The van der Waals surface area contributed by atoms with Crippen LogP contribution in [0.1, 0.15) is 6.42 Å². The molecule has 0 saturated carbocycles. The average molecular weight is 356 g/mol. The molecule has 2 aromatic rings. The summed E-state index contributed by atoms with van der Waals surface area (Å²) in [4.78, 5) is 15.6. The minimum atomic E-state index is -1.11. The second-order valence-electron chi connectivity index (χ2n) is 5.63. The second kappa shape index (κ2) is 7.74. The van der Waals surface area contributed by atoms with E-state index in [0.717, 1.165) is 10.9 Å². The van der Waals surface area contributed by atoms with Crippen LogP contribution in [-0.2, 0) is 9.53 Å². The third-order valence-electron chi connectivity index (χ3n) is 3.85. The van der Waals surface area contributed by atoms with E-state index in [-0.39, 0.29) is 25.6 Å². The maximum atomic E-state index is 12.5. The Kier molecular flexibility index (Phi) is 5.93. The SMILES string of the molecule is Cl.O=C(CF)Nc1cnc2ccccc2c1NCC1(O)CCOC1. The highest BCUT2D eigenvalue weighted by atomic mass is 35.5. The zero-order chi connectivity index (χ0) is 16.3. The van der Waals surface area contributed by atoms with E-state index < -0.39 is 18.2 Å². The van der Waals surface area contributed by atoms with Crippen LogP contribution in [0.3, 0.4) is 0 Å². The van der Waals surface area contributed by atoms with E-state index in [1.807, 2.05) is 24.3 Å². The number of carbonyl (C=O) groups is 1. The van der Waals surface area contributed by atoms with Crippen molar-refractivity contribution in [2.24, 2.45) is 0 Å². The molecular weight excluding hydrogens is 337 g/mol. The molecule has 1 aromatic heterocycles. The number of hydrogen-bond acceptors (Lipinski definition) is 5. The van der Waals surface area contributed by atoms with Crippen LogP contribution in [0.5, 0.6) is 0 Å². The topological polar surface area (TPSA) is 83.5 Å². The number of rotatable bonds is 5. The Balaban J connectivity index is 0.00000208. The Morgan fingerprint density at radius 2 is 2.21 bits per heavy atom. The fourth-order valence-electron chi connectivity index (χ4n) is 2.60. The van der Waals surface area contributed by atoms with Gasteiger partial charge in [-0.3, -0.25) is 9.78 Å². The number of fused-ring (bicyclic) bond motifs is 1. The lowest BCUT2D eigenvalue weighted by Gasteiger charge is -2.23. The van der Waals surface area contributed by atoms with E-state index in [1.165, 1.54) is 6.20 Å². The molecule has 1 unspecified atom stereocenters. The Hall–Kier alpha value is -1.96. The van der Waals surface area contributed by atoms with Gasteiger partial charge < -0.3 is 20.5 Å². The molecule has 3 N–H and O–H groups in total. The zero-order valence-electron chi connectivity index (χ0n) is 12.9. The molecule has 24 heavy (non-hydrogen) atoms. The summed E-state index contributed by atoms with van der Waals surface area (Å²) in [7, 11) is 0. The first kappa shape index (κ1) is 18.4. The number of para-hydroxylation sites is 1. The van der Waals surface area contributed by atoms with Crippen LogP contribution in [0.25, 0.3) is 10.9 Å². The fraction of sp³-hybridized carbons (Fsp3) is 0.375. The summed E-state index contributed by atoms with van der Waals surface area (Å²) in [6, 6.07) is 7.40. The zero-order valence-corrected chi connectivity index (χ0v) is 13.7. The van der Waals surface area contributed by atoms with Gasteiger partial charge in [-0.2, -0.15) is 0 Å². The molecule has 0 bridgehead atoms. The van der Waals surface area contributed by atoms with Crippen LogP contribution in [0.2, 0.25) is 0 Å². The van der Waals surface area contributed by atoms with Gasteiger partial charge in [0.05, 0.1) is 29.7 Å². The number of aromatic nitrogens is 1. The minimum Gasteiger partial charge on any atom is -0.386 e. The summed E-state index contributed by atoms with van der Waals surface area (Å²) in [6.07, 6.45) is 2.02. The Bertz CT molecular complexity index is 723. The summed E-state index contributed by atoms with van der Waals surface area (Å²) in [5.41, 5.74) is 0.778. The lowest BCUT2D eigenvalue weighted by Crippen LogP contribution is -2.37. The van der Waals surface area contributed by atoms with Crippen molar-refractivity contribution in [1.29, 1.82) is 0 Å². The molecule has 0 spiro atoms. The van der Waals surface area contributed by atoms with Gasteiger partial charge in [-0.1, -0.05) is 18.2 Å². The molecule has 2 heterocycles.